The Labute approximate surface area is 77.6 Å². The number of fused-ring (bicyclic) bond motifs is 1. The van der Waals surface area contributed by atoms with Gasteiger partial charge in [0.15, 0.2) is 0 Å². The molecule has 0 saturated heterocycles. The van der Waals surface area contributed by atoms with Crippen molar-refractivity contribution in [3.05, 3.63) is 17.5 Å². The Hall–Kier alpha value is -1.12. The lowest BCUT2D eigenvalue weighted by Crippen LogP contribution is -2.06. The molecule has 1 saturated carbocycles. The smallest absolute Gasteiger partial charge is 0.223 e. The number of anilines is 1. The molecule has 2 aliphatic rings. The topological polar surface area (TPSA) is 37.8 Å². The Morgan fingerprint density at radius 2 is 2.23 bits per heavy atom. The lowest BCUT2D eigenvalue weighted by atomic mass is 10.3. The first kappa shape index (κ1) is 7.30. The van der Waals surface area contributed by atoms with Gasteiger partial charge in [-0.15, -0.1) is 0 Å². The van der Waals surface area contributed by atoms with E-state index in [0.717, 1.165) is 12.4 Å². The van der Waals surface area contributed by atoms with Crippen LogP contribution < -0.4 is 5.32 Å². The fraction of sp³-hybridized carbons (Fsp3) is 0.600. The molecule has 0 aromatic carbocycles. The molecule has 1 aromatic heterocycles. The summed E-state index contributed by atoms with van der Waals surface area (Å²) in [6.45, 7) is 0. The number of nitrogens with one attached hydrogen (secondary N) is 1. The molecule has 0 spiro atoms. The fourth-order valence-corrected chi connectivity index (χ4v) is 1.79. The van der Waals surface area contributed by atoms with Crippen LogP contribution in [-0.2, 0) is 12.8 Å². The Morgan fingerprint density at radius 3 is 3.08 bits per heavy atom. The second-order valence-electron chi connectivity index (χ2n) is 3.94. The van der Waals surface area contributed by atoms with Crippen LogP contribution in [0.4, 0.5) is 5.95 Å². The normalized spacial score (nSPS) is 20.0. The van der Waals surface area contributed by atoms with E-state index in [4.69, 9.17) is 0 Å². The molecule has 68 valence electrons. The van der Waals surface area contributed by atoms with E-state index in [2.05, 4.69) is 15.3 Å². The predicted molar refractivity (Wildman–Crippen MR) is 50.7 cm³/mol. The van der Waals surface area contributed by atoms with E-state index in [0.29, 0.717) is 6.04 Å². The minimum Gasteiger partial charge on any atom is -0.351 e. The largest absolute Gasteiger partial charge is 0.351 e. The van der Waals surface area contributed by atoms with Crippen molar-refractivity contribution in [2.24, 2.45) is 0 Å². The molecular formula is C10H13N3. The maximum atomic E-state index is 4.51. The van der Waals surface area contributed by atoms with Crippen molar-refractivity contribution in [1.82, 2.24) is 9.97 Å². The van der Waals surface area contributed by atoms with Crippen molar-refractivity contribution >= 4 is 5.95 Å². The Balaban J connectivity index is 1.86. The third-order valence-corrected chi connectivity index (χ3v) is 2.72. The number of rotatable bonds is 2. The van der Waals surface area contributed by atoms with Gasteiger partial charge in [0, 0.05) is 17.9 Å². The van der Waals surface area contributed by atoms with Crippen molar-refractivity contribution in [1.29, 1.82) is 0 Å². The summed E-state index contributed by atoms with van der Waals surface area (Å²) in [4.78, 5) is 8.82. The molecule has 1 N–H and O–H groups in total. The summed E-state index contributed by atoms with van der Waals surface area (Å²) in [5, 5.41) is 3.32. The molecule has 2 aliphatic carbocycles. The lowest BCUT2D eigenvalue weighted by Gasteiger charge is -2.03. The van der Waals surface area contributed by atoms with E-state index < -0.39 is 0 Å². The van der Waals surface area contributed by atoms with Crippen LogP contribution in [0.25, 0.3) is 0 Å². The Morgan fingerprint density at radius 1 is 1.31 bits per heavy atom. The maximum absolute atomic E-state index is 4.51. The van der Waals surface area contributed by atoms with Gasteiger partial charge in [-0.05, 0) is 37.7 Å². The zero-order valence-electron chi connectivity index (χ0n) is 7.58. The molecule has 3 heteroatoms. The zero-order chi connectivity index (χ0) is 8.67. The van der Waals surface area contributed by atoms with E-state index in [1.54, 1.807) is 0 Å². The number of hydrogen-bond acceptors (Lipinski definition) is 3. The SMILES string of the molecule is c1nc(NC2CC2)nc2c1CCC2. The van der Waals surface area contributed by atoms with Gasteiger partial charge >= 0.3 is 0 Å². The summed E-state index contributed by atoms with van der Waals surface area (Å²) < 4.78 is 0. The molecule has 13 heavy (non-hydrogen) atoms. The summed E-state index contributed by atoms with van der Waals surface area (Å²) in [6, 6.07) is 0.652. The van der Waals surface area contributed by atoms with Crippen molar-refractivity contribution in [3.8, 4) is 0 Å². The van der Waals surface area contributed by atoms with Gasteiger partial charge in [-0.1, -0.05) is 0 Å². The molecule has 1 heterocycles. The van der Waals surface area contributed by atoms with E-state index in [-0.39, 0.29) is 0 Å². The standard InChI is InChI=1S/C10H13N3/c1-2-7-6-11-10(12-8-4-5-8)13-9(7)3-1/h6,8H,1-5H2,(H,11,12,13). The summed E-state index contributed by atoms with van der Waals surface area (Å²) in [5.74, 6) is 0.836. The van der Waals surface area contributed by atoms with Gasteiger partial charge in [0.1, 0.15) is 0 Å². The van der Waals surface area contributed by atoms with Gasteiger partial charge in [-0.25, -0.2) is 9.97 Å². The van der Waals surface area contributed by atoms with Gasteiger partial charge in [-0.3, -0.25) is 0 Å². The summed E-state index contributed by atoms with van der Waals surface area (Å²) in [6.07, 6.45) is 8.09. The molecule has 0 bridgehead atoms. The van der Waals surface area contributed by atoms with Crippen LogP contribution in [0, 0.1) is 0 Å². The molecule has 1 fully saturated rings. The van der Waals surface area contributed by atoms with Crippen molar-refractivity contribution < 1.29 is 0 Å². The quantitative estimate of drug-likeness (QED) is 0.741. The highest BCUT2D eigenvalue weighted by atomic mass is 15.1. The summed E-state index contributed by atoms with van der Waals surface area (Å²) in [7, 11) is 0. The minimum atomic E-state index is 0.652. The van der Waals surface area contributed by atoms with Gasteiger partial charge in [-0.2, -0.15) is 0 Å². The monoisotopic (exact) mass is 175 g/mol. The number of aromatic nitrogens is 2. The maximum Gasteiger partial charge on any atom is 0.223 e. The first-order chi connectivity index (χ1) is 6.42. The molecule has 3 rings (SSSR count). The van der Waals surface area contributed by atoms with E-state index >= 15 is 0 Å². The third kappa shape index (κ3) is 1.39. The molecule has 0 atom stereocenters. The first-order valence-corrected chi connectivity index (χ1v) is 5.03. The highest BCUT2D eigenvalue weighted by Crippen LogP contribution is 2.24. The second kappa shape index (κ2) is 2.69. The number of hydrogen-bond donors (Lipinski definition) is 1. The summed E-state index contributed by atoms with van der Waals surface area (Å²) >= 11 is 0. The average molecular weight is 175 g/mol. The van der Waals surface area contributed by atoms with Crippen LogP contribution in [-0.4, -0.2) is 16.0 Å². The third-order valence-electron chi connectivity index (χ3n) is 2.72. The molecule has 3 nitrogen and oxygen atoms in total. The van der Waals surface area contributed by atoms with E-state index in [1.165, 1.54) is 36.9 Å². The summed E-state index contributed by atoms with van der Waals surface area (Å²) in [5.41, 5.74) is 2.61. The van der Waals surface area contributed by atoms with Gasteiger partial charge in [0.2, 0.25) is 5.95 Å². The molecule has 0 unspecified atom stereocenters. The molecule has 0 aliphatic heterocycles. The van der Waals surface area contributed by atoms with Crippen LogP contribution in [0.3, 0.4) is 0 Å². The highest BCUT2D eigenvalue weighted by molar-refractivity contribution is 5.33. The van der Waals surface area contributed by atoms with Gasteiger partial charge in [0.25, 0.3) is 0 Å². The number of nitrogens with zero attached hydrogens (tertiary/aromatic N) is 2. The van der Waals surface area contributed by atoms with E-state index in [9.17, 15) is 0 Å². The van der Waals surface area contributed by atoms with E-state index in [1.807, 2.05) is 6.20 Å². The van der Waals surface area contributed by atoms with Crippen LogP contribution in [0.15, 0.2) is 6.20 Å². The number of aryl methyl sites for hydroxylation is 2. The lowest BCUT2D eigenvalue weighted by molar-refractivity contribution is 0.898. The first-order valence-electron chi connectivity index (χ1n) is 5.03. The molecule has 1 aromatic rings. The van der Waals surface area contributed by atoms with Crippen LogP contribution >= 0.6 is 0 Å². The van der Waals surface area contributed by atoms with Crippen molar-refractivity contribution in [2.45, 2.75) is 38.1 Å². The Kier molecular flexibility index (Phi) is 1.51. The van der Waals surface area contributed by atoms with Crippen LogP contribution in [0.2, 0.25) is 0 Å². The highest BCUT2D eigenvalue weighted by Gasteiger charge is 2.22. The Bertz CT molecular complexity index is 331. The minimum absolute atomic E-state index is 0.652. The fourth-order valence-electron chi connectivity index (χ4n) is 1.79. The van der Waals surface area contributed by atoms with Crippen LogP contribution in [0.1, 0.15) is 30.5 Å². The molecule has 0 amide bonds. The molecular weight excluding hydrogens is 162 g/mol. The zero-order valence-corrected chi connectivity index (χ0v) is 7.58. The predicted octanol–water partition coefficient (Wildman–Crippen LogP) is 1.54. The van der Waals surface area contributed by atoms with Crippen molar-refractivity contribution in [2.75, 3.05) is 5.32 Å². The second-order valence-corrected chi connectivity index (χ2v) is 3.94. The van der Waals surface area contributed by atoms with Gasteiger partial charge in [0.05, 0.1) is 0 Å². The average Bonchev–Trinajstić information content (AvgIpc) is 2.83. The van der Waals surface area contributed by atoms with Crippen molar-refractivity contribution in [3.63, 3.8) is 0 Å². The van der Waals surface area contributed by atoms with Crippen LogP contribution in [0.5, 0.6) is 0 Å². The molecule has 0 radical (unpaired) electrons. The van der Waals surface area contributed by atoms with Gasteiger partial charge < -0.3 is 5.32 Å².